The predicted octanol–water partition coefficient (Wildman–Crippen LogP) is 2.83. The average Bonchev–Trinajstić information content (AvgIpc) is 3.18. The second kappa shape index (κ2) is 8.60. The van der Waals surface area contributed by atoms with E-state index in [0.29, 0.717) is 24.6 Å². The molecule has 2 heterocycles. The molecule has 1 aromatic rings. The van der Waals surface area contributed by atoms with Crippen molar-refractivity contribution < 1.29 is 18.8 Å². The first-order chi connectivity index (χ1) is 14.8. The molecule has 1 saturated carbocycles. The minimum atomic E-state index is -0.632. The predicted molar refractivity (Wildman–Crippen MR) is 115 cm³/mol. The Labute approximate surface area is 183 Å². The van der Waals surface area contributed by atoms with Crippen LogP contribution in [0.4, 0.5) is 4.39 Å². The van der Waals surface area contributed by atoms with E-state index in [9.17, 15) is 18.8 Å². The van der Waals surface area contributed by atoms with Crippen molar-refractivity contribution in [2.24, 2.45) is 17.3 Å². The van der Waals surface area contributed by atoms with E-state index in [-0.39, 0.29) is 29.1 Å². The van der Waals surface area contributed by atoms with Crippen molar-refractivity contribution in [3.8, 4) is 0 Å². The molecule has 1 spiro atoms. The maximum Gasteiger partial charge on any atom is 0.251 e. The molecule has 0 bridgehead atoms. The molecule has 3 aliphatic rings. The first kappa shape index (κ1) is 21.8. The van der Waals surface area contributed by atoms with Crippen LogP contribution >= 0.6 is 0 Å². The summed E-state index contributed by atoms with van der Waals surface area (Å²) in [5.41, 5.74) is 0.403. The number of amides is 3. The van der Waals surface area contributed by atoms with Gasteiger partial charge in [0.25, 0.3) is 5.91 Å². The second-order valence-corrected chi connectivity index (χ2v) is 9.68. The van der Waals surface area contributed by atoms with Gasteiger partial charge in [0.2, 0.25) is 11.8 Å². The molecule has 168 valence electrons. The third-order valence-electron chi connectivity index (χ3n) is 7.30. The normalized spacial score (nSPS) is 23.2. The van der Waals surface area contributed by atoms with Crippen LogP contribution in [0, 0.1) is 23.1 Å². The van der Waals surface area contributed by atoms with Crippen LogP contribution in [0.2, 0.25) is 0 Å². The molecular weight excluding hydrogens is 397 g/mol. The van der Waals surface area contributed by atoms with Crippen molar-refractivity contribution in [3.63, 3.8) is 0 Å². The average molecular weight is 430 g/mol. The maximum atomic E-state index is 13.2. The summed E-state index contributed by atoms with van der Waals surface area (Å²) in [6.07, 6.45) is 4.85. The molecule has 1 aromatic carbocycles. The summed E-state index contributed by atoms with van der Waals surface area (Å²) in [7, 11) is 0. The molecule has 0 aromatic heterocycles. The highest BCUT2D eigenvalue weighted by Gasteiger charge is 2.59. The van der Waals surface area contributed by atoms with Crippen LogP contribution in [0.3, 0.4) is 0 Å². The molecule has 0 radical (unpaired) electrons. The Kier molecular flexibility index (Phi) is 6.04. The van der Waals surface area contributed by atoms with Gasteiger partial charge in [-0.1, -0.05) is 13.8 Å². The molecule has 2 aliphatic heterocycles. The number of nitrogens with one attached hydrogen (secondary N) is 1. The van der Waals surface area contributed by atoms with Crippen LogP contribution in [-0.2, 0) is 9.59 Å². The summed E-state index contributed by atoms with van der Waals surface area (Å²) in [4.78, 5) is 42.3. The Balaban J connectivity index is 1.33. The van der Waals surface area contributed by atoms with E-state index < -0.39 is 11.9 Å². The molecule has 6 nitrogen and oxygen atoms in total. The third kappa shape index (κ3) is 4.46. The molecule has 3 amide bonds. The summed E-state index contributed by atoms with van der Waals surface area (Å²) in [6.45, 7) is 6.84. The van der Waals surface area contributed by atoms with Gasteiger partial charge < -0.3 is 15.1 Å². The van der Waals surface area contributed by atoms with Crippen LogP contribution in [0.5, 0.6) is 0 Å². The van der Waals surface area contributed by atoms with E-state index in [2.05, 4.69) is 5.32 Å². The molecule has 2 saturated heterocycles. The second-order valence-electron chi connectivity index (χ2n) is 9.68. The Morgan fingerprint density at radius 1 is 1.00 bits per heavy atom. The number of carbonyl (C=O) groups is 3. The Hall–Kier alpha value is -2.44. The molecule has 1 N–H and O–H groups in total. The van der Waals surface area contributed by atoms with Gasteiger partial charge in [-0.15, -0.1) is 0 Å². The Morgan fingerprint density at radius 2 is 1.61 bits per heavy atom. The van der Waals surface area contributed by atoms with Gasteiger partial charge in [0.05, 0.1) is 0 Å². The molecule has 2 atom stereocenters. The van der Waals surface area contributed by atoms with E-state index in [4.69, 9.17) is 0 Å². The third-order valence-corrected chi connectivity index (χ3v) is 7.30. The molecule has 4 rings (SSSR count). The quantitative estimate of drug-likeness (QED) is 0.783. The number of rotatable bonds is 5. The van der Waals surface area contributed by atoms with Gasteiger partial charge in [0.15, 0.2) is 0 Å². The van der Waals surface area contributed by atoms with Crippen molar-refractivity contribution in [1.29, 1.82) is 0 Å². The number of likely N-dealkylation sites (tertiary alicyclic amines) is 2. The number of benzene rings is 1. The van der Waals surface area contributed by atoms with Crippen LogP contribution in [0.15, 0.2) is 24.3 Å². The summed E-state index contributed by atoms with van der Waals surface area (Å²) < 4.78 is 13.1. The van der Waals surface area contributed by atoms with Gasteiger partial charge in [0, 0.05) is 37.7 Å². The first-order valence-electron chi connectivity index (χ1n) is 11.4. The van der Waals surface area contributed by atoms with Crippen LogP contribution in [-0.4, -0.2) is 59.7 Å². The van der Waals surface area contributed by atoms with Crippen molar-refractivity contribution >= 4 is 17.7 Å². The number of carbonyl (C=O) groups excluding carboxylic acids is 3. The Bertz CT molecular complexity index is 840. The van der Waals surface area contributed by atoms with Crippen LogP contribution < -0.4 is 5.32 Å². The summed E-state index contributed by atoms with van der Waals surface area (Å²) in [6, 6.07) is 4.68. The van der Waals surface area contributed by atoms with E-state index in [1.807, 2.05) is 23.6 Å². The maximum absolute atomic E-state index is 13.2. The molecule has 3 fully saturated rings. The lowest BCUT2D eigenvalue weighted by molar-refractivity contribution is -0.136. The largest absolute Gasteiger partial charge is 0.342 e. The number of hydrogen-bond donors (Lipinski definition) is 1. The molecule has 31 heavy (non-hydrogen) atoms. The Morgan fingerprint density at radius 3 is 2.19 bits per heavy atom. The number of nitrogens with zero attached hydrogens (tertiary/aromatic N) is 2. The van der Waals surface area contributed by atoms with E-state index in [0.717, 1.165) is 45.2 Å². The van der Waals surface area contributed by atoms with Crippen molar-refractivity contribution in [1.82, 2.24) is 15.1 Å². The lowest BCUT2D eigenvalue weighted by Crippen LogP contribution is -2.53. The van der Waals surface area contributed by atoms with Crippen LogP contribution in [0.1, 0.15) is 56.3 Å². The van der Waals surface area contributed by atoms with Crippen molar-refractivity contribution in [2.75, 3.05) is 26.2 Å². The van der Waals surface area contributed by atoms with Gasteiger partial charge in [-0.05, 0) is 67.7 Å². The highest BCUT2D eigenvalue weighted by Crippen LogP contribution is 2.60. The first-order valence-corrected chi connectivity index (χ1v) is 11.4. The molecule has 1 aliphatic carbocycles. The summed E-state index contributed by atoms with van der Waals surface area (Å²) >= 11 is 0. The molecule has 7 heteroatoms. The fourth-order valence-corrected chi connectivity index (χ4v) is 5.12. The topological polar surface area (TPSA) is 69.7 Å². The van der Waals surface area contributed by atoms with Crippen molar-refractivity contribution in [3.05, 3.63) is 35.6 Å². The standard InChI is InChI=1S/C24H32FN3O3/c1-16(2)20(26-21(29)17-5-7-18(25)8-6-17)23(31)28-13-9-24(10-14-28)15-19(24)22(30)27-11-3-4-12-27/h5-8,16,19-20H,3-4,9-15H2,1-2H3,(H,26,29)/t19-,20+/m0/s1. The van der Waals surface area contributed by atoms with Gasteiger partial charge >= 0.3 is 0 Å². The minimum Gasteiger partial charge on any atom is -0.342 e. The highest BCUT2D eigenvalue weighted by atomic mass is 19.1. The van der Waals surface area contributed by atoms with Crippen LogP contribution in [0.25, 0.3) is 0 Å². The van der Waals surface area contributed by atoms with Crippen molar-refractivity contribution in [2.45, 2.75) is 52.0 Å². The van der Waals surface area contributed by atoms with Gasteiger partial charge in [-0.2, -0.15) is 0 Å². The monoisotopic (exact) mass is 429 g/mol. The van der Waals surface area contributed by atoms with Gasteiger partial charge in [-0.3, -0.25) is 14.4 Å². The lowest BCUT2D eigenvalue weighted by Gasteiger charge is -2.36. The fraction of sp³-hybridized carbons (Fsp3) is 0.625. The minimum absolute atomic E-state index is 0.0706. The lowest BCUT2D eigenvalue weighted by atomic mass is 9.89. The number of hydrogen-bond acceptors (Lipinski definition) is 3. The zero-order chi connectivity index (χ0) is 22.2. The highest BCUT2D eigenvalue weighted by molar-refractivity contribution is 5.97. The number of piperidine rings is 1. The molecular formula is C24H32FN3O3. The zero-order valence-electron chi connectivity index (χ0n) is 18.4. The smallest absolute Gasteiger partial charge is 0.251 e. The van der Waals surface area contributed by atoms with E-state index >= 15 is 0 Å². The van der Waals surface area contributed by atoms with E-state index in [1.165, 1.54) is 24.3 Å². The fourth-order valence-electron chi connectivity index (χ4n) is 5.12. The van der Waals surface area contributed by atoms with Gasteiger partial charge in [-0.25, -0.2) is 4.39 Å². The summed E-state index contributed by atoms with van der Waals surface area (Å²) in [5.74, 6) is -0.497. The van der Waals surface area contributed by atoms with E-state index in [1.54, 1.807) is 0 Å². The molecule has 0 unspecified atom stereocenters. The summed E-state index contributed by atoms with van der Waals surface area (Å²) in [5, 5.41) is 2.84. The SMILES string of the molecule is CC(C)[C@@H](NC(=O)c1ccc(F)cc1)C(=O)N1CCC2(CC1)C[C@H]2C(=O)N1CCCC1. The van der Waals surface area contributed by atoms with Gasteiger partial charge in [0.1, 0.15) is 11.9 Å². The zero-order valence-corrected chi connectivity index (χ0v) is 18.4. The number of halogens is 1.